The summed E-state index contributed by atoms with van der Waals surface area (Å²) in [5.41, 5.74) is 4.30. The van der Waals surface area contributed by atoms with E-state index in [1.807, 2.05) is 39.0 Å². The van der Waals surface area contributed by atoms with Crippen molar-refractivity contribution in [2.24, 2.45) is 0 Å². The molecule has 0 aliphatic carbocycles. The molecule has 4 rings (SSSR count). The lowest BCUT2D eigenvalue weighted by Gasteiger charge is -2.27. The number of halogens is 1. The average molecular weight is 563 g/mol. The number of aryl methyl sites for hydroxylation is 3. The van der Waals surface area contributed by atoms with Crippen LogP contribution in [0.25, 0.3) is 0 Å². The Morgan fingerprint density at radius 2 is 1.54 bits per heavy atom. The van der Waals surface area contributed by atoms with Crippen molar-refractivity contribution in [2.45, 2.75) is 32.2 Å². The van der Waals surface area contributed by atoms with E-state index in [1.54, 1.807) is 72.8 Å². The fourth-order valence-corrected chi connectivity index (χ4v) is 5.66. The van der Waals surface area contributed by atoms with Crippen molar-refractivity contribution in [1.29, 1.82) is 0 Å². The molecular weight excluding hydrogens is 532 g/mol. The van der Waals surface area contributed by atoms with Crippen LogP contribution in [0.5, 0.6) is 5.75 Å². The Kier molecular flexibility index (Phi) is 8.94. The van der Waals surface area contributed by atoms with Crippen molar-refractivity contribution in [2.75, 3.05) is 17.5 Å². The second-order valence-corrected chi connectivity index (χ2v) is 11.6. The molecule has 0 saturated heterocycles. The smallest absolute Gasteiger partial charge is 0.264 e. The maximum absolute atomic E-state index is 13.9. The molecule has 4 aromatic rings. The van der Waals surface area contributed by atoms with Crippen LogP contribution in [0.1, 0.15) is 32.6 Å². The number of sulfonamides is 1. The van der Waals surface area contributed by atoms with Crippen LogP contribution in [0.3, 0.4) is 0 Å². The van der Waals surface area contributed by atoms with Gasteiger partial charge in [-0.3, -0.25) is 9.10 Å². The highest BCUT2D eigenvalue weighted by atomic mass is 35.5. The Morgan fingerprint density at radius 3 is 2.26 bits per heavy atom. The number of benzene rings is 4. The van der Waals surface area contributed by atoms with Crippen molar-refractivity contribution >= 4 is 33.2 Å². The first-order valence-electron chi connectivity index (χ1n) is 12.6. The summed E-state index contributed by atoms with van der Waals surface area (Å²) in [5.74, 6) is 0.373. The van der Waals surface area contributed by atoms with E-state index < -0.39 is 15.9 Å². The summed E-state index contributed by atoms with van der Waals surface area (Å²) in [6.45, 7) is 6.40. The molecule has 202 valence electrons. The van der Waals surface area contributed by atoms with Crippen LogP contribution in [0, 0.1) is 20.8 Å². The average Bonchev–Trinajstić information content (AvgIpc) is 2.92. The summed E-state index contributed by atoms with van der Waals surface area (Å²) in [5, 5.41) is 3.42. The monoisotopic (exact) mass is 562 g/mol. The van der Waals surface area contributed by atoms with E-state index in [-0.39, 0.29) is 35.8 Å². The minimum absolute atomic E-state index is 0.0212. The van der Waals surface area contributed by atoms with E-state index in [0.717, 1.165) is 28.0 Å². The number of carbonyl (C=O) groups is 1. The van der Waals surface area contributed by atoms with Crippen molar-refractivity contribution in [1.82, 2.24) is 5.32 Å². The van der Waals surface area contributed by atoms with Gasteiger partial charge >= 0.3 is 0 Å². The highest BCUT2D eigenvalue weighted by Crippen LogP contribution is 2.30. The standard InChI is InChI=1S/C31H31ClN2O4S/c1-22-9-16-27(17-10-22)39(36,37)34(21-25-12-14-26(32)15-13-25)29-7-5-4-6-28(29)31(35)33-18-19-38-30-20-23(2)8-11-24(30)3/h4-17,20H,18-19,21H2,1-3H3,(H,33,35). The summed E-state index contributed by atoms with van der Waals surface area (Å²) in [6.07, 6.45) is 0. The number of para-hydroxylation sites is 1. The molecular formula is C31H31ClN2O4S. The van der Waals surface area contributed by atoms with Crippen LogP contribution in [0.15, 0.2) is 95.9 Å². The molecule has 0 bridgehead atoms. The number of hydrogen-bond donors (Lipinski definition) is 1. The number of amides is 1. The zero-order valence-electron chi connectivity index (χ0n) is 22.1. The Morgan fingerprint density at radius 1 is 0.872 bits per heavy atom. The van der Waals surface area contributed by atoms with Gasteiger partial charge in [-0.2, -0.15) is 0 Å². The minimum atomic E-state index is -4.01. The summed E-state index contributed by atoms with van der Waals surface area (Å²) >= 11 is 6.05. The number of ether oxygens (including phenoxy) is 1. The number of nitrogens with one attached hydrogen (secondary N) is 1. The zero-order valence-corrected chi connectivity index (χ0v) is 23.7. The van der Waals surface area contributed by atoms with Crippen molar-refractivity contribution in [3.05, 3.63) is 124 Å². The molecule has 0 radical (unpaired) electrons. The van der Waals surface area contributed by atoms with Gasteiger partial charge in [0.1, 0.15) is 12.4 Å². The molecule has 39 heavy (non-hydrogen) atoms. The highest BCUT2D eigenvalue weighted by Gasteiger charge is 2.28. The molecule has 0 saturated carbocycles. The fourth-order valence-electron chi connectivity index (χ4n) is 4.06. The Hall–Kier alpha value is -3.81. The van der Waals surface area contributed by atoms with Gasteiger partial charge in [0, 0.05) is 5.02 Å². The number of anilines is 1. The van der Waals surface area contributed by atoms with Crippen LogP contribution < -0.4 is 14.4 Å². The third-order valence-corrected chi connectivity index (χ3v) is 8.28. The molecule has 4 aromatic carbocycles. The van der Waals surface area contributed by atoms with Crippen LogP contribution in [0.4, 0.5) is 5.69 Å². The minimum Gasteiger partial charge on any atom is -0.491 e. The highest BCUT2D eigenvalue weighted by molar-refractivity contribution is 7.92. The molecule has 8 heteroatoms. The van der Waals surface area contributed by atoms with E-state index in [2.05, 4.69) is 5.32 Å². The maximum Gasteiger partial charge on any atom is 0.264 e. The second kappa shape index (κ2) is 12.4. The third-order valence-electron chi connectivity index (χ3n) is 6.25. The molecule has 0 atom stereocenters. The van der Waals surface area contributed by atoms with Crippen LogP contribution in [-0.2, 0) is 16.6 Å². The van der Waals surface area contributed by atoms with Crippen LogP contribution in [0.2, 0.25) is 5.02 Å². The Bertz CT molecular complexity index is 1550. The van der Waals surface area contributed by atoms with E-state index in [4.69, 9.17) is 16.3 Å². The molecule has 6 nitrogen and oxygen atoms in total. The molecule has 0 aliphatic rings. The van der Waals surface area contributed by atoms with Gasteiger partial charge in [-0.05, 0) is 79.9 Å². The first kappa shape index (κ1) is 28.2. The van der Waals surface area contributed by atoms with E-state index in [9.17, 15) is 13.2 Å². The van der Waals surface area contributed by atoms with Crippen LogP contribution in [-0.4, -0.2) is 27.5 Å². The van der Waals surface area contributed by atoms with Crippen LogP contribution >= 0.6 is 11.6 Å². The van der Waals surface area contributed by atoms with Crippen molar-refractivity contribution in [3.63, 3.8) is 0 Å². The van der Waals surface area contributed by atoms with Gasteiger partial charge in [0.05, 0.1) is 29.2 Å². The summed E-state index contributed by atoms with van der Waals surface area (Å²) in [4.78, 5) is 13.4. The Balaban J connectivity index is 1.60. The van der Waals surface area contributed by atoms with Gasteiger partial charge in [-0.1, -0.05) is 65.7 Å². The fraction of sp³-hybridized carbons (Fsp3) is 0.194. The topological polar surface area (TPSA) is 75.7 Å². The van der Waals surface area contributed by atoms with Crippen molar-refractivity contribution in [3.8, 4) is 5.75 Å². The van der Waals surface area contributed by atoms with Crippen molar-refractivity contribution < 1.29 is 17.9 Å². The summed E-state index contributed by atoms with van der Waals surface area (Å²) < 4.78 is 35.0. The lowest BCUT2D eigenvalue weighted by Crippen LogP contribution is -2.34. The molecule has 0 fully saturated rings. The molecule has 0 aliphatic heterocycles. The van der Waals surface area contributed by atoms with Gasteiger partial charge < -0.3 is 10.1 Å². The molecule has 0 aromatic heterocycles. The van der Waals surface area contributed by atoms with Gasteiger partial charge in [0.25, 0.3) is 15.9 Å². The van der Waals surface area contributed by atoms with E-state index in [0.29, 0.717) is 5.02 Å². The molecule has 0 unspecified atom stereocenters. The summed E-state index contributed by atoms with van der Waals surface area (Å²) in [6, 6.07) is 26.3. The largest absolute Gasteiger partial charge is 0.491 e. The van der Waals surface area contributed by atoms with Gasteiger partial charge in [-0.25, -0.2) is 8.42 Å². The quantitative estimate of drug-likeness (QED) is 0.225. The SMILES string of the molecule is Cc1ccc(S(=O)(=O)N(Cc2ccc(Cl)cc2)c2ccccc2C(=O)NCCOc2cc(C)ccc2C)cc1. The number of carbonyl (C=O) groups excluding carboxylic acids is 1. The molecule has 0 spiro atoms. The van der Waals surface area contributed by atoms with Gasteiger partial charge in [0.2, 0.25) is 0 Å². The second-order valence-electron chi connectivity index (χ2n) is 9.34. The van der Waals surface area contributed by atoms with Gasteiger partial charge in [-0.15, -0.1) is 0 Å². The number of hydrogen-bond acceptors (Lipinski definition) is 4. The molecule has 1 N–H and O–H groups in total. The predicted molar refractivity (Wildman–Crippen MR) is 156 cm³/mol. The zero-order chi connectivity index (χ0) is 28.0. The first-order valence-corrected chi connectivity index (χ1v) is 14.4. The Labute approximate surface area is 235 Å². The molecule has 1 amide bonds. The summed E-state index contributed by atoms with van der Waals surface area (Å²) in [7, 11) is -4.01. The van der Waals surface area contributed by atoms with E-state index >= 15 is 0 Å². The van der Waals surface area contributed by atoms with E-state index in [1.165, 1.54) is 4.31 Å². The lowest BCUT2D eigenvalue weighted by atomic mass is 10.1. The number of nitrogens with zero attached hydrogens (tertiary/aromatic N) is 1. The predicted octanol–water partition coefficient (Wildman–Crippen LogP) is 6.47. The maximum atomic E-state index is 13.9. The third kappa shape index (κ3) is 6.99. The molecule has 0 heterocycles. The normalized spacial score (nSPS) is 11.2. The first-order chi connectivity index (χ1) is 18.6. The lowest BCUT2D eigenvalue weighted by molar-refractivity contribution is 0.0947. The van der Waals surface area contributed by atoms with Gasteiger partial charge in [0.15, 0.2) is 0 Å². The number of rotatable bonds is 10.